The normalized spacial score (nSPS) is 18.0. The summed E-state index contributed by atoms with van der Waals surface area (Å²) in [5, 5.41) is 10.5. The van der Waals surface area contributed by atoms with Crippen molar-refractivity contribution in [1.82, 2.24) is 0 Å². The second-order valence-corrected chi connectivity index (χ2v) is 7.39. The number of carbonyl (C=O) groups excluding carboxylic acids is 1. The van der Waals surface area contributed by atoms with Crippen molar-refractivity contribution >= 4 is 18.4 Å². The van der Waals surface area contributed by atoms with Crippen LogP contribution in [-0.2, 0) is 9.31 Å². The maximum Gasteiger partial charge on any atom is 0.498 e. The molecule has 0 amide bonds. The maximum atomic E-state index is 12.7. The summed E-state index contributed by atoms with van der Waals surface area (Å²) in [4.78, 5) is 12.7. The molecule has 1 fully saturated rings. The Morgan fingerprint density at radius 3 is 2.15 bits per heavy atom. The summed E-state index contributed by atoms with van der Waals surface area (Å²) in [6.07, 6.45) is 0. The standard InChI is InChI=1S/C20H23BO5/c1-19(2)20(3,4)26-21(25-19)15-12-16(22)14(11-17(15)24-5)18(23)13-9-7-6-8-10-13/h6-12,22H,1-5H3. The number of aromatic hydroxyl groups is 1. The molecule has 3 rings (SSSR count). The molecule has 2 aromatic rings. The number of rotatable bonds is 4. The minimum absolute atomic E-state index is 0.135. The Bertz CT molecular complexity index is 814. The summed E-state index contributed by atoms with van der Waals surface area (Å²) in [5.74, 6) is 0.0202. The van der Waals surface area contributed by atoms with E-state index in [0.29, 0.717) is 16.8 Å². The van der Waals surface area contributed by atoms with Gasteiger partial charge in [0.1, 0.15) is 11.5 Å². The summed E-state index contributed by atoms with van der Waals surface area (Å²) in [6.45, 7) is 7.80. The largest absolute Gasteiger partial charge is 0.507 e. The second-order valence-electron chi connectivity index (χ2n) is 7.39. The highest BCUT2D eigenvalue weighted by Crippen LogP contribution is 2.38. The average molecular weight is 354 g/mol. The predicted molar refractivity (Wildman–Crippen MR) is 100 cm³/mol. The van der Waals surface area contributed by atoms with Crippen molar-refractivity contribution in [3.8, 4) is 11.5 Å². The van der Waals surface area contributed by atoms with Crippen molar-refractivity contribution in [2.75, 3.05) is 7.11 Å². The summed E-state index contributed by atoms with van der Waals surface area (Å²) in [7, 11) is 0.819. The van der Waals surface area contributed by atoms with Gasteiger partial charge < -0.3 is 19.2 Å². The molecule has 1 aliphatic rings. The lowest BCUT2D eigenvalue weighted by Gasteiger charge is -2.32. The van der Waals surface area contributed by atoms with Gasteiger partial charge in [-0.05, 0) is 39.8 Å². The van der Waals surface area contributed by atoms with Crippen LogP contribution in [0.25, 0.3) is 0 Å². The molecule has 26 heavy (non-hydrogen) atoms. The summed E-state index contributed by atoms with van der Waals surface area (Å²) in [5.41, 5.74) is 0.183. The fraction of sp³-hybridized carbons (Fsp3) is 0.350. The molecular weight excluding hydrogens is 331 g/mol. The van der Waals surface area contributed by atoms with Crippen molar-refractivity contribution in [1.29, 1.82) is 0 Å². The lowest BCUT2D eigenvalue weighted by atomic mass is 9.77. The first kappa shape index (κ1) is 18.5. The van der Waals surface area contributed by atoms with Crippen LogP contribution in [0.15, 0.2) is 42.5 Å². The number of phenols is 1. The third-order valence-corrected chi connectivity index (χ3v) is 5.14. The van der Waals surface area contributed by atoms with E-state index >= 15 is 0 Å². The van der Waals surface area contributed by atoms with Gasteiger partial charge in [-0.1, -0.05) is 30.3 Å². The molecule has 0 atom stereocenters. The minimum Gasteiger partial charge on any atom is -0.507 e. The third-order valence-electron chi connectivity index (χ3n) is 5.14. The number of ketones is 1. The van der Waals surface area contributed by atoms with Gasteiger partial charge >= 0.3 is 7.12 Å². The Hall–Kier alpha value is -2.31. The molecular formula is C20H23BO5. The number of hydrogen-bond acceptors (Lipinski definition) is 5. The fourth-order valence-corrected chi connectivity index (χ4v) is 2.84. The van der Waals surface area contributed by atoms with Crippen molar-refractivity contribution in [2.24, 2.45) is 0 Å². The van der Waals surface area contributed by atoms with Gasteiger partial charge in [-0.25, -0.2) is 0 Å². The van der Waals surface area contributed by atoms with Gasteiger partial charge in [0.05, 0.1) is 23.9 Å². The second kappa shape index (κ2) is 6.45. The van der Waals surface area contributed by atoms with Gasteiger partial charge in [-0.3, -0.25) is 4.79 Å². The van der Waals surface area contributed by atoms with Crippen LogP contribution in [0.4, 0.5) is 0 Å². The molecule has 0 aliphatic carbocycles. The number of ether oxygens (including phenoxy) is 1. The Morgan fingerprint density at radius 2 is 1.62 bits per heavy atom. The van der Waals surface area contributed by atoms with Crippen molar-refractivity contribution in [2.45, 2.75) is 38.9 Å². The number of phenolic OH excluding ortho intramolecular Hbond substituents is 1. The summed E-state index contributed by atoms with van der Waals surface area (Å²) < 4.78 is 17.5. The van der Waals surface area contributed by atoms with Gasteiger partial charge in [0.15, 0.2) is 5.78 Å². The van der Waals surface area contributed by atoms with Crippen molar-refractivity contribution in [3.63, 3.8) is 0 Å². The zero-order valence-electron chi connectivity index (χ0n) is 15.7. The van der Waals surface area contributed by atoms with Crippen LogP contribution in [0.1, 0.15) is 43.6 Å². The highest BCUT2D eigenvalue weighted by atomic mass is 16.7. The monoisotopic (exact) mass is 354 g/mol. The first-order valence-corrected chi connectivity index (χ1v) is 8.52. The zero-order chi connectivity index (χ0) is 19.1. The molecule has 0 bridgehead atoms. The molecule has 0 aromatic heterocycles. The molecule has 6 heteroatoms. The molecule has 1 N–H and O–H groups in total. The van der Waals surface area contributed by atoms with E-state index in [4.69, 9.17) is 14.0 Å². The number of carbonyl (C=O) groups is 1. The summed E-state index contributed by atoms with van der Waals surface area (Å²) in [6, 6.07) is 11.8. The van der Waals surface area contributed by atoms with Crippen LogP contribution in [0.3, 0.4) is 0 Å². The van der Waals surface area contributed by atoms with Gasteiger partial charge in [0, 0.05) is 11.0 Å². The highest BCUT2D eigenvalue weighted by molar-refractivity contribution is 6.63. The van der Waals surface area contributed by atoms with Crippen LogP contribution in [0.5, 0.6) is 11.5 Å². The predicted octanol–water partition coefficient (Wildman–Crippen LogP) is 2.93. The number of benzene rings is 2. The van der Waals surface area contributed by atoms with Crippen LogP contribution < -0.4 is 10.2 Å². The lowest BCUT2D eigenvalue weighted by molar-refractivity contribution is 0.00578. The van der Waals surface area contributed by atoms with Crippen molar-refractivity contribution in [3.05, 3.63) is 53.6 Å². The molecule has 0 radical (unpaired) electrons. The van der Waals surface area contributed by atoms with Crippen LogP contribution in [-0.4, -0.2) is 36.3 Å². The van der Waals surface area contributed by atoms with E-state index in [1.807, 2.05) is 33.8 Å². The Labute approximate surface area is 154 Å². The molecule has 1 heterocycles. The van der Waals surface area contributed by atoms with Crippen molar-refractivity contribution < 1.29 is 23.9 Å². The smallest absolute Gasteiger partial charge is 0.498 e. The molecule has 0 spiro atoms. The van der Waals surface area contributed by atoms with E-state index in [2.05, 4.69) is 0 Å². The first-order valence-electron chi connectivity index (χ1n) is 8.52. The SMILES string of the molecule is COc1cc(C(=O)c2ccccc2)c(O)cc1B1OC(C)(C)C(C)(C)O1. The van der Waals surface area contributed by atoms with Gasteiger partial charge in [0.25, 0.3) is 0 Å². The van der Waals surface area contributed by atoms with E-state index in [-0.39, 0.29) is 17.1 Å². The molecule has 1 aliphatic heterocycles. The van der Waals surface area contributed by atoms with E-state index < -0.39 is 18.3 Å². The zero-order valence-corrected chi connectivity index (χ0v) is 15.7. The van der Waals surface area contributed by atoms with Gasteiger partial charge in [-0.15, -0.1) is 0 Å². The summed E-state index contributed by atoms with van der Waals surface area (Å²) >= 11 is 0. The molecule has 2 aromatic carbocycles. The number of methoxy groups -OCH3 is 1. The molecule has 136 valence electrons. The Balaban J connectivity index is 2.00. The number of hydrogen-bond donors (Lipinski definition) is 1. The van der Waals surface area contributed by atoms with Gasteiger partial charge in [-0.2, -0.15) is 0 Å². The molecule has 5 nitrogen and oxygen atoms in total. The van der Waals surface area contributed by atoms with Crippen LogP contribution in [0, 0.1) is 0 Å². The molecule has 0 unspecified atom stereocenters. The van der Waals surface area contributed by atoms with E-state index in [0.717, 1.165) is 0 Å². The molecule has 1 saturated heterocycles. The van der Waals surface area contributed by atoms with Crippen LogP contribution in [0.2, 0.25) is 0 Å². The van der Waals surface area contributed by atoms with E-state index in [1.165, 1.54) is 19.2 Å². The van der Waals surface area contributed by atoms with Crippen LogP contribution >= 0.6 is 0 Å². The minimum atomic E-state index is -0.693. The Kier molecular flexibility index (Phi) is 4.59. The fourth-order valence-electron chi connectivity index (χ4n) is 2.84. The topological polar surface area (TPSA) is 65.0 Å². The quantitative estimate of drug-likeness (QED) is 0.676. The van der Waals surface area contributed by atoms with Gasteiger partial charge in [0.2, 0.25) is 0 Å². The van der Waals surface area contributed by atoms with E-state index in [9.17, 15) is 9.90 Å². The Morgan fingerprint density at radius 1 is 1.04 bits per heavy atom. The van der Waals surface area contributed by atoms with E-state index in [1.54, 1.807) is 24.3 Å². The lowest BCUT2D eigenvalue weighted by Crippen LogP contribution is -2.41. The highest BCUT2D eigenvalue weighted by Gasteiger charge is 2.52. The molecule has 0 saturated carbocycles. The maximum absolute atomic E-state index is 12.7. The third kappa shape index (κ3) is 3.11. The average Bonchev–Trinajstić information content (AvgIpc) is 2.82. The first-order chi connectivity index (χ1) is 12.2.